The van der Waals surface area contributed by atoms with Crippen LogP contribution in [0.25, 0.3) is 10.8 Å². The fourth-order valence-corrected chi connectivity index (χ4v) is 3.68. The summed E-state index contributed by atoms with van der Waals surface area (Å²) in [7, 11) is 1.53. The Kier molecular flexibility index (Phi) is 6.69. The topological polar surface area (TPSA) is 58.6 Å². The first-order chi connectivity index (χ1) is 13.2. The lowest BCUT2D eigenvalue weighted by Gasteiger charge is -2.31. The lowest BCUT2D eigenvalue weighted by molar-refractivity contribution is -0.123. The number of hydrogen-bond donors (Lipinski definition) is 1. The monoisotopic (exact) mass is 368 g/mol. The van der Waals surface area contributed by atoms with E-state index in [1.165, 1.54) is 36.2 Å². The number of ether oxygens (including phenoxy) is 1. The number of benzene rings is 2. The van der Waals surface area contributed by atoms with Crippen molar-refractivity contribution in [2.75, 3.05) is 26.7 Å². The van der Waals surface area contributed by atoms with Crippen LogP contribution in [0.1, 0.15) is 31.2 Å². The van der Waals surface area contributed by atoms with E-state index in [0.717, 1.165) is 19.3 Å². The number of rotatable bonds is 6. The summed E-state index contributed by atoms with van der Waals surface area (Å²) >= 11 is 0. The van der Waals surface area contributed by atoms with Crippen LogP contribution in [0.5, 0.6) is 0 Å². The van der Waals surface area contributed by atoms with E-state index >= 15 is 0 Å². The maximum atomic E-state index is 12.0. The predicted octanol–water partition coefficient (Wildman–Crippen LogP) is 3.76. The van der Waals surface area contributed by atoms with E-state index in [-0.39, 0.29) is 18.6 Å². The van der Waals surface area contributed by atoms with Gasteiger partial charge in [-0.25, -0.2) is 4.79 Å². The van der Waals surface area contributed by atoms with E-state index in [2.05, 4.69) is 47.8 Å². The number of fused-ring (bicyclic) bond motifs is 1. The first-order valence-electron chi connectivity index (χ1n) is 9.75. The molecule has 1 heterocycles. The van der Waals surface area contributed by atoms with Crippen LogP contribution in [0.15, 0.2) is 42.5 Å². The molecular weight excluding hydrogens is 340 g/mol. The predicted molar refractivity (Wildman–Crippen MR) is 107 cm³/mol. The molecule has 2 aromatic carbocycles. The zero-order chi connectivity index (χ0) is 19.1. The van der Waals surface area contributed by atoms with Gasteiger partial charge >= 0.3 is 6.09 Å². The largest absolute Gasteiger partial charge is 0.439 e. The van der Waals surface area contributed by atoms with Crippen molar-refractivity contribution >= 4 is 22.8 Å². The van der Waals surface area contributed by atoms with Gasteiger partial charge in [-0.1, -0.05) is 42.5 Å². The van der Waals surface area contributed by atoms with E-state index in [0.29, 0.717) is 19.0 Å². The second-order valence-electron chi connectivity index (χ2n) is 7.23. The molecule has 1 fully saturated rings. The Morgan fingerprint density at radius 1 is 1.11 bits per heavy atom. The Labute approximate surface area is 160 Å². The number of amides is 2. The molecule has 0 unspecified atom stereocenters. The number of carbonyl (C=O) groups is 2. The number of nitrogens with one attached hydrogen (secondary N) is 1. The van der Waals surface area contributed by atoms with Gasteiger partial charge in [0.05, 0.1) is 0 Å². The molecule has 2 aromatic rings. The van der Waals surface area contributed by atoms with Crippen molar-refractivity contribution in [1.29, 1.82) is 0 Å². The number of piperidine rings is 1. The molecule has 5 nitrogen and oxygen atoms in total. The normalized spacial score (nSPS) is 14.9. The van der Waals surface area contributed by atoms with Crippen LogP contribution in [0, 0.1) is 5.92 Å². The van der Waals surface area contributed by atoms with Crippen molar-refractivity contribution in [2.45, 2.75) is 32.1 Å². The lowest BCUT2D eigenvalue weighted by atomic mass is 9.90. The van der Waals surface area contributed by atoms with Crippen molar-refractivity contribution in [1.82, 2.24) is 10.2 Å². The Morgan fingerprint density at radius 3 is 2.59 bits per heavy atom. The fraction of sp³-hybridized carbons (Fsp3) is 0.455. The average molecular weight is 368 g/mol. The maximum Gasteiger partial charge on any atom is 0.410 e. The average Bonchev–Trinajstić information content (AvgIpc) is 2.72. The van der Waals surface area contributed by atoms with Crippen molar-refractivity contribution < 1.29 is 14.3 Å². The Balaban J connectivity index is 1.38. The van der Waals surface area contributed by atoms with Gasteiger partial charge in [0.1, 0.15) is 0 Å². The molecule has 0 bridgehead atoms. The molecule has 0 atom stereocenters. The zero-order valence-electron chi connectivity index (χ0n) is 15.9. The molecule has 1 aliphatic heterocycles. The zero-order valence-corrected chi connectivity index (χ0v) is 15.9. The van der Waals surface area contributed by atoms with Crippen molar-refractivity contribution in [3.63, 3.8) is 0 Å². The van der Waals surface area contributed by atoms with Gasteiger partial charge in [0.15, 0.2) is 6.61 Å². The van der Waals surface area contributed by atoms with E-state index in [1.54, 1.807) is 4.90 Å². The summed E-state index contributed by atoms with van der Waals surface area (Å²) in [4.78, 5) is 24.8. The van der Waals surface area contributed by atoms with Crippen LogP contribution >= 0.6 is 0 Å². The summed E-state index contributed by atoms with van der Waals surface area (Å²) in [5, 5.41) is 5.04. The third kappa shape index (κ3) is 5.46. The quantitative estimate of drug-likeness (QED) is 0.845. The number of hydrogen-bond acceptors (Lipinski definition) is 3. The second-order valence-corrected chi connectivity index (χ2v) is 7.23. The molecule has 0 aromatic heterocycles. The summed E-state index contributed by atoms with van der Waals surface area (Å²) in [6, 6.07) is 15.2. The maximum absolute atomic E-state index is 12.0. The highest BCUT2D eigenvalue weighted by Crippen LogP contribution is 2.24. The molecule has 144 valence electrons. The Bertz CT molecular complexity index is 782. The van der Waals surface area contributed by atoms with Crippen LogP contribution < -0.4 is 5.32 Å². The van der Waals surface area contributed by atoms with Gasteiger partial charge in [0, 0.05) is 20.1 Å². The summed E-state index contributed by atoms with van der Waals surface area (Å²) in [5.41, 5.74) is 1.39. The highest BCUT2D eigenvalue weighted by atomic mass is 16.6. The minimum atomic E-state index is -0.381. The minimum Gasteiger partial charge on any atom is -0.439 e. The molecule has 0 spiro atoms. The lowest BCUT2D eigenvalue weighted by Crippen LogP contribution is -2.40. The first-order valence-corrected chi connectivity index (χ1v) is 9.75. The van der Waals surface area contributed by atoms with Gasteiger partial charge in [0.2, 0.25) is 0 Å². The van der Waals surface area contributed by atoms with Crippen LogP contribution in [0.2, 0.25) is 0 Å². The summed E-state index contributed by atoms with van der Waals surface area (Å²) in [6.07, 6.45) is 5.09. The molecule has 1 aliphatic rings. The van der Waals surface area contributed by atoms with Crippen molar-refractivity contribution in [2.24, 2.45) is 5.92 Å². The SMILES string of the molecule is CNC(=O)COC(=O)N1CCC(CCCc2ccc3ccccc3c2)CC1. The smallest absolute Gasteiger partial charge is 0.410 e. The van der Waals surface area contributed by atoms with E-state index in [9.17, 15) is 9.59 Å². The third-order valence-electron chi connectivity index (χ3n) is 5.37. The highest BCUT2D eigenvalue weighted by molar-refractivity contribution is 5.83. The second kappa shape index (κ2) is 9.40. The molecule has 2 amide bonds. The van der Waals surface area contributed by atoms with Crippen molar-refractivity contribution in [3.8, 4) is 0 Å². The molecular formula is C22H28N2O3. The van der Waals surface area contributed by atoms with Gasteiger partial charge < -0.3 is 15.0 Å². The Hall–Kier alpha value is -2.56. The molecule has 0 radical (unpaired) electrons. The van der Waals surface area contributed by atoms with Gasteiger partial charge in [-0.2, -0.15) is 0 Å². The number of likely N-dealkylation sites (tertiary alicyclic amines) is 1. The molecule has 5 heteroatoms. The minimum absolute atomic E-state index is 0.207. The third-order valence-corrected chi connectivity index (χ3v) is 5.37. The van der Waals surface area contributed by atoms with Gasteiger partial charge in [-0.3, -0.25) is 4.79 Å². The molecule has 27 heavy (non-hydrogen) atoms. The summed E-state index contributed by atoms with van der Waals surface area (Å²) < 4.78 is 5.02. The molecule has 1 N–H and O–H groups in total. The van der Waals surface area contributed by atoms with Gasteiger partial charge in [0.25, 0.3) is 5.91 Å². The Morgan fingerprint density at radius 2 is 1.85 bits per heavy atom. The summed E-state index contributed by atoms with van der Waals surface area (Å²) in [6.45, 7) is 1.22. The van der Waals surface area contributed by atoms with E-state index in [4.69, 9.17) is 4.74 Å². The van der Waals surface area contributed by atoms with Crippen LogP contribution in [-0.4, -0.2) is 43.6 Å². The number of likely N-dealkylation sites (N-methyl/N-ethyl adjacent to an activating group) is 1. The molecule has 1 saturated heterocycles. The van der Waals surface area contributed by atoms with Crippen LogP contribution in [0.4, 0.5) is 4.79 Å². The molecule has 0 aliphatic carbocycles. The van der Waals surface area contributed by atoms with E-state index in [1.807, 2.05) is 0 Å². The van der Waals surface area contributed by atoms with Crippen LogP contribution in [0.3, 0.4) is 0 Å². The highest BCUT2D eigenvalue weighted by Gasteiger charge is 2.23. The van der Waals surface area contributed by atoms with Gasteiger partial charge in [-0.15, -0.1) is 0 Å². The van der Waals surface area contributed by atoms with Gasteiger partial charge in [-0.05, 0) is 54.4 Å². The van der Waals surface area contributed by atoms with Crippen LogP contribution in [-0.2, 0) is 16.0 Å². The molecule has 3 rings (SSSR count). The van der Waals surface area contributed by atoms with Crippen molar-refractivity contribution in [3.05, 3.63) is 48.0 Å². The number of nitrogens with zero attached hydrogens (tertiary/aromatic N) is 1. The summed E-state index contributed by atoms with van der Waals surface area (Å²) in [5.74, 6) is 0.375. The molecule has 0 saturated carbocycles. The number of carbonyl (C=O) groups excluding carboxylic acids is 2. The number of aryl methyl sites for hydroxylation is 1. The standard InChI is InChI=1S/C22H28N2O3/c1-23-21(25)16-27-22(26)24-13-11-17(12-14-24)5-4-6-18-9-10-19-7-2-3-8-20(19)15-18/h2-3,7-10,15,17H,4-6,11-14,16H2,1H3,(H,23,25). The first kappa shape index (κ1) is 19.2. The van der Waals surface area contributed by atoms with E-state index < -0.39 is 0 Å². The fourth-order valence-electron chi connectivity index (χ4n) is 3.68.